The third-order valence-corrected chi connectivity index (χ3v) is 4.91. The Morgan fingerprint density at radius 1 is 0.848 bits per heavy atom. The van der Waals surface area contributed by atoms with Crippen LogP contribution in [0.5, 0.6) is 11.5 Å². The molecule has 0 atom stereocenters. The SMILES string of the molecule is CCOc1ccc(C(=O)Oc2ccc(C=NNC(=O)c3cccc4ccccc34)cc2)cc1. The molecule has 0 aliphatic carbocycles. The zero-order valence-electron chi connectivity index (χ0n) is 18.0. The van der Waals surface area contributed by atoms with Crippen LogP contribution in [-0.2, 0) is 0 Å². The smallest absolute Gasteiger partial charge is 0.343 e. The molecule has 4 aromatic carbocycles. The van der Waals surface area contributed by atoms with Gasteiger partial charge in [-0.2, -0.15) is 5.10 Å². The Morgan fingerprint density at radius 2 is 1.55 bits per heavy atom. The van der Waals surface area contributed by atoms with Crippen LogP contribution < -0.4 is 14.9 Å². The molecule has 4 aromatic rings. The number of hydrogen-bond acceptors (Lipinski definition) is 5. The zero-order chi connectivity index (χ0) is 23.0. The molecule has 4 rings (SSSR count). The molecule has 1 amide bonds. The number of nitrogens with one attached hydrogen (secondary N) is 1. The highest BCUT2D eigenvalue weighted by molar-refractivity contribution is 6.07. The van der Waals surface area contributed by atoms with Gasteiger partial charge in [0.25, 0.3) is 5.91 Å². The Labute approximate surface area is 191 Å². The van der Waals surface area contributed by atoms with Crippen molar-refractivity contribution in [3.63, 3.8) is 0 Å². The summed E-state index contributed by atoms with van der Waals surface area (Å²) >= 11 is 0. The minimum absolute atomic E-state index is 0.288. The van der Waals surface area contributed by atoms with E-state index in [-0.39, 0.29) is 5.91 Å². The lowest BCUT2D eigenvalue weighted by Crippen LogP contribution is -2.17. The maximum atomic E-state index is 12.5. The highest BCUT2D eigenvalue weighted by atomic mass is 16.5. The minimum Gasteiger partial charge on any atom is -0.494 e. The van der Waals surface area contributed by atoms with Gasteiger partial charge in [-0.05, 0) is 77.9 Å². The van der Waals surface area contributed by atoms with Gasteiger partial charge in [0.05, 0.1) is 18.4 Å². The maximum Gasteiger partial charge on any atom is 0.343 e. The van der Waals surface area contributed by atoms with Gasteiger partial charge < -0.3 is 9.47 Å². The van der Waals surface area contributed by atoms with E-state index in [0.717, 1.165) is 16.3 Å². The summed E-state index contributed by atoms with van der Waals surface area (Å²) in [5.41, 5.74) is 4.29. The van der Waals surface area contributed by atoms with Crippen LogP contribution in [0.4, 0.5) is 0 Å². The average molecular weight is 438 g/mol. The van der Waals surface area contributed by atoms with Crippen molar-refractivity contribution in [2.45, 2.75) is 6.92 Å². The number of amides is 1. The molecule has 0 heterocycles. The number of esters is 1. The monoisotopic (exact) mass is 438 g/mol. The molecule has 0 aromatic heterocycles. The van der Waals surface area contributed by atoms with Crippen molar-refractivity contribution in [3.8, 4) is 11.5 Å². The number of carbonyl (C=O) groups is 2. The van der Waals surface area contributed by atoms with Crippen LogP contribution in [0.15, 0.2) is 96.1 Å². The Morgan fingerprint density at radius 3 is 2.30 bits per heavy atom. The Kier molecular flexibility index (Phi) is 6.75. The molecule has 0 unspecified atom stereocenters. The van der Waals surface area contributed by atoms with Crippen LogP contribution >= 0.6 is 0 Å². The average Bonchev–Trinajstić information content (AvgIpc) is 2.85. The van der Waals surface area contributed by atoms with Gasteiger partial charge in [-0.25, -0.2) is 10.2 Å². The largest absolute Gasteiger partial charge is 0.494 e. The van der Waals surface area contributed by atoms with Gasteiger partial charge in [0.2, 0.25) is 0 Å². The van der Waals surface area contributed by atoms with E-state index < -0.39 is 5.97 Å². The summed E-state index contributed by atoms with van der Waals surface area (Å²) in [6.07, 6.45) is 1.53. The van der Waals surface area contributed by atoms with E-state index >= 15 is 0 Å². The summed E-state index contributed by atoms with van der Waals surface area (Å²) in [4.78, 5) is 24.8. The summed E-state index contributed by atoms with van der Waals surface area (Å²) in [6, 6.07) is 26.9. The van der Waals surface area contributed by atoms with Crippen molar-refractivity contribution in [1.29, 1.82) is 0 Å². The molecule has 6 nitrogen and oxygen atoms in total. The lowest BCUT2D eigenvalue weighted by Gasteiger charge is -2.06. The lowest BCUT2D eigenvalue weighted by molar-refractivity contribution is 0.0734. The van der Waals surface area contributed by atoms with E-state index in [1.165, 1.54) is 6.21 Å². The molecule has 1 N–H and O–H groups in total. The Hall–Kier alpha value is -4.45. The van der Waals surface area contributed by atoms with Crippen molar-refractivity contribution in [2.75, 3.05) is 6.61 Å². The van der Waals surface area contributed by atoms with Gasteiger partial charge in [-0.15, -0.1) is 0 Å². The van der Waals surface area contributed by atoms with Crippen molar-refractivity contribution < 1.29 is 19.1 Å². The van der Waals surface area contributed by atoms with E-state index in [1.807, 2.05) is 43.3 Å². The quantitative estimate of drug-likeness (QED) is 0.186. The third-order valence-electron chi connectivity index (χ3n) is 4.91. The topological polar surface area (TPSA) is 77.0 Å². The molecular weight excluding hydrogens is 416 g/mol. The second-order valence-electron chi connectivity index (χ2n) is 7.14. The van der Waals surface area contributed by atoms with E-state index in [9.17, 15) is 9.59 Å². The number of benzene rings is 4. The van der Waals surface area contributed by atoms with Crippen molar-refractivity contribution >= 4 is 28.9 Å². The van der Waals surface area contributed by atoms with Crippen LogP contribution in [0.3, 0.4) is 0 Å². The van der Waals surface area contributed by atoms with Crippen LogP contribution in [0.1, 0.15) is 33.2 Å². The predicted molar refractivity (Wildman–Crippen MR) is 128 cm³/mol. The minimum atomic E-state index is -0.457. The highest BCUT2D eigenvalue weighted by Gasteiger charge is 2.10. The predicted octanol–water partition coefficient (Wildman–Crippen LogP) is 5.22. The number of hydrogen-bond donors (Lipinski definition) is 1. The fraction of sp³-hybridized carbons (Fsp3) is 0.0741. The van der Waals surface area contributed by atoms with Crippen LogP contribution in [0, 0.1) is 0 Å². The van der Waals surface area contributed by atoms with Gasteiger partial charge in [0.15, 0.2) is 0 Å². The molecule has 0 spiro atoms. The van der Waals surface area contributed by atoms with Crippen molar-refractivity contribution in [1.82, 2.24) is 5.43 Å². The number of carbonyl (C=O) groups excluding carboxylic acids is 2. The van der Waals surface area contributed by atoms with E-state index in [1.54, 1.807) is 54.6 Å². The molecule has 0 saturated carbocycles. The van der Waals surface area contributed by atoms with E-state index in [4.69, 9.17) is 9.47 Å². The third kappa shape index (κ3) is 5.43. The second kappa shape index (κ2) is 10.2. The first-order valence-corrected chi connectivity index (χ1v) is 10.5. The molecule has 0 radical (unpaired) electrons. The number of rotatable bonds is 7. The van der Waals surface area contributed by atoms with Crippen LogP contribution in [-0.4, -0.2) is 24.7 Å². The molecule has 0 bridgehead atoms. The first-order chi connectivity index (χ1) is 16.1. The van der Waals surface area contributed by atoms with Gasteiger partial charge in [-0.3, -0.25) is 4.79 Å². The molecule has 164 valence electrons. The second-order valence-corrected chi connectivity index (χ2v) is 7.14. The highest BCUT2D eigenvalue weighted by Crippen LogP contribution is 2.19. The molecule has 6 heteroatoms. The standard InChI is InChI=1S/C27H22N2O4/c1-2-32-22-16-12-21(13-17-22)27(31)33-23-14-10-19(11-15-23)18-28-29-26(30)25-9-5-7-20-6-3-4-8-24(20)25/h3-18H,2H2,1H3,(H,29,30). The molecule has 0 aliphatic heterocycles. The first kappa shape index (κ1) is 21.8. The Bertz CT molecular complexity index is 1290. The molecular formula is C27H22N2O4. The van der Waals surface area contributed by atoms with Gasteiger partial charge in [0, 0.05) is 5.56 Å². The fourth-order valence-corrected chi connectivity index (χ4v) is 3.29. The van der Waals surface area contributed by atoms with E-state index in [2.05, 4.69) is 10.5 Å². The summed E-state index contributed by atoms with van der Waals surface area (Å²) in [7, 11) is 0. The summed E-state index contributed by atoms with van der Waals surface area (Å²) in [5, 5.41) is 5.90. The van der Waals surface area contributed by atoms with Gasteiger partial charge in [-0.1, -0.05) is 36.4 Å². The molecule has 0 aliphatic rings. The molecule has 0 fully saturated rings. The normalized spacial score (nSPS) is 10.8. The number of fused-ring (bicyclic) bond motifs is 1. The summed E-state index contributed by atoms with van der Waals surface area (Å²) in [5.74, 6) is 0.363. The Balaban J connectivity index is 1.35. The fourth-order valence-electron chi connectivity index (χ4n) is 3.29. The van der Waals surface area contributed by atoms with Gasteiger partial charge >= 0.3 is 5.97 Å². The van der Waals surface area contributed by atoms with Crippen molar-refractivity contribution in [2.24, 2.45) is 5.10 Å². The zero-order valence-corrected chi connectivity index (χ0v) is 18.0. The number of hydrazone groups is 1. The molecule has 0 saturated heterocycles. The lowest BCUT2D eigenvalue weighted by atomic mass is 10.0. The van der Waals surface area contributed by atoms with E-state index in [0.29, 0.717) is 29.2 Å². The van der Waals surface area contributed by atoms with Crippen LogP contribution in [0.2, 0.25) is 0 Å². The summed E-state index contributed by atoms with van der Waals surface area (Å²) < 4.78 is 10.8. The van der Waals surface area contributed by atoms with Gasteiger partial charge in [0.1, 0.15) is 11.5 Å². The molecule has 33 heavy (non-hydrogen) atoms. The number of nitrogens with zero attached hydrogens (tertiary/aromatic N) is 1. The van der Waals surface area contributed by atoms with Crippen LogP contribution in [0.25, 0.3) is 10.8 Å². The first-order valence-electron chi connectivity index (χ1n) is 10.5. The number of ether oxygens (including phenoxy) is 2. The summed E-state index contributed by atoms with van der Waals surface area (Å²) in [6.45, 7) is 2.46. The maximum absolute atomic E-state index is 12.5. The van der Waals surface area contributed by atoms with Crippen molar-refractivity contribution in [3.05, 3.63) is 108 Å².